The van der Waals surface area contributed by atoms with E-state index in [9.17, 15) is 33.6 Å². The number of rotatable bonds is 34. The summed E-state index contributed by atoms with van der Waals surface area (Å²) in [5.74, 6) is -4.39. The molecule has 0 heterocycles. The Kier molecular flexibility index (Phi) is 45.9. The molecule has 0 saturated carbocycles. The van der Waals surface area contributed by atoms with Crippen LogP contribution in [0.1, 0.15) is 101 Å². The number of hydrogen-bond donors (Lipinski definition) is 3. The maximum atomic E-state index is 11.9. The van der Waals surface area contributed by atoms with Crippen LogP contribution in [0.25, 0.3) is 0 Å². The monoisotopic (exact) mass is 970 g/mol. The van der Waals surface area contributed by atoms with E-state index in [2.05, 4.69) is 32.9 Å². The van der Waals surface area contributed by atoms with Crippen LogP contribution in [0.2, 0.25) is 12.1 Å². The summed E-state index contributed by atoms with van der Waals surface area (Å²) >= 11 is 0. The van der Waals surface area contributed by atoms with Crippen molar-refractivity contribution in [1.82, 2.24) is 5.32 Å². The Bertz CT molecular complexity index is 1400. The highest BCUT2D eigenvalue weighted by molar-refractivity contribution is 6.61. The summed E-state index contributed by atoms with van der Waals surface area (Å²) < 4.78 is 53.2. The molecule has 24 heteroatoms. The number of nitrogens with one attached hydrogen (secondary N) is 1. The quantitative estimate of drug-likeness (QED) is 0.0154. The molecular formula is C41H74N2O20Si2. The third-order valence-electron chi connectivity index (χ3n) is 6.94. The van der Waals surface area contributed by atoms with Gasteiger partial charge in [0.2, 0.25) is 12.0 Å². The van der Waals surface area contributed by atoms with Gasteiger partial charge in [0.25, 0.3) is 5.97 Å². The molecule has 0 aliphatic carbocycles. The minimum Gasteiger partial charge on any atom is -0.481 e. The number of isocyanates is 1. The topological polar surface area (TPSA) is 294 Å². The molecule has 0 rings (SSSR count). The van der Waals surface area contributed by atoms with E-state index in [1.165, 1.54) is 19.9 Å². The molecule has 0 aliphatic heterocycles. The van der Waals surface area contributed by atoms with Crippen molar-refractivity contribution in [3.05, 3.63) is 24.3 Å². The lowest BCUT2D eigenvalue weighted by Gasteiger charge is -2.28. The molecule has 0 spiro atoms. The lowest BCUT2D eigenvalue weighted by Crippen LogP contribution is -2.46. The van der Waals surface area contributed by atoms with Gasteiger partial charge < -0.3 is 61.0 Å². The summed E-state index contributed by atoms with van der Waals surface area (Å²) in [6.07, 6.45) is 2.40. The molecule has 0 aromatic heterocycles. The van der Waals surface area contributed by atoms with Gasteiger partial charge in [-0.15, -0.1) is 0 Å². The van der Waals surface area contributed by atoms with Crippen molar-refractivity contribution in [2.24, 2.45) is 4.99 Å². The van der Waals surface area contributed by atoms with Crippen LogP contribution in [0.4, 0.5) is 0 Å². The van der Waals surface area contributed by atoms with Gasteiger partial charge in [-0.25, -0.2) is 19.4 Å². The van der Waals surface area contributed by atoms with Crippen LogP contribution in [0, 0.1) is 0 Å². The van der Waals surface area contributed by atoms with Gasteiger partial charge in [-0.3, -0.25) is 24.0 Å². The Morgan fingerprint density at radius 1 is 0.554 bits per heavy atom. The number of carbonyl (C=O) groups excluding carboxylic acids is 6. The van der Waals surface area contributed by atoms with Crippen molar-refractivity contribution in [3.8, 4) is 0 Å². The van der Waals surface area contributed by atoms with Crippen LogP contribution >= 0.6 is 0 Å². The Balaban J connectivity index is -0.000000439. The number of aliphatic imine (C=N–C) groups is 1. The van der Waals surface area contributed by atoms with E-state index < -0.39 is 53.4 Å². The molecule has 376 valence electrons. The summed E-state index contributed by atoms with van der Waals surface area (Å²) in [5.41, 5.74) is 0.536. The summed E-state index contributed by atoms with van der Waals surface area (Å²) in [6, 6.07) is 1.29. The van der Waals surface area contributed by atoms with Crippen LogP contribution in [0.15, 0.2) is 29.3 Å². The third-order valence-corrected chi connectivity index (χ3v) is 13.2. The number of carboxylic acids is 2. The highest BCUT2D eigenvalue weighted by Gasteiger charge is 2.40. The Morgan fingerprint density at radius 2 is 0.892 bits per heavy atom. The zero-order chi connectivity index (χ0) is 50.5. The number of hydrogen-bond acceptors (Lipinski definition) is 19. The first kappa shape index (κ1) is 66.9. The normalized spacial score (nSPS) is 10.4. The first-order valence-electron chi connectivity index (χ1n) is 21.2. The van der Waals surface area contributed by atoms with E-state index in [1.54, 1.807) is 0 Å². The molecule has 0 aliphatic rings. The van der Waals surface area contributed by atoms with Crippen molar-refractivity contribution in [3.63, 3.8) is 0 Å². The van der Waals surface area contributed by atoms with Crippen molar-refractivity contribution in [2.45, 2.75) is 113 Å². The molecule has 0 bridgehead atoms. The number of nitrogens with zero attached hydrogens (tertiary/aromatic N) is 1. The number of amides is 1. The number of ether oxygens (including phenoxy) is 4. The predicted molar refractivity (Wildman–Crippen MR) is 239 cm³/mol. The number of esters is 4. The van der Waals surface area contributed by atoms with Gasteiger partial charge in [0.05, 0.1) is 25.8 Å². The van der Waals surface area contributed by atoms with Gasteiger partial charge in [-0.1, -0.05) is 13.2 Å². The molecule has 3 N–H and O–H groups in total. The van der Waals surface area contributed by atoms with Gasteiger partial charge >= 0.3 is 47.5 Å². The average molecular weight is 971 g/mol. The maximum Gasteiger partial charge on any atom is 0.500 e. The van der Waals surface area contributed by atoms with Crippen LogP contribution in [-0.2, 0) is 83.9 Å². The van der Waals surface area contributed by atoms with Crippen LogP contribution < -0.4 is 5.32 Å². The molecule has 65 heavy (non-hydrogen) atoms. The van der Waals surface area contributed by atoms with Crippen molar-refractivity contribution >= 4 is 65.4 Å². The minimum atomic E-state index is -2.70. The smallest absolute Gasteiger partial charge is 0.481 e. The van der Waals surface area contributed by atoms with Gasteiger partial charge in [0, 0.05) is 82.8 Å². The highest BCUT2D eigenvalue weighted by Crippen LogP contribution is 2.19. The van der Waals surface area contributed by atoms with E-state index >= 15 is 0 Å². The fraction of sp³-hybridized carbons (Fsp3) is 0.707. The summed E-state index contributed by atoms with van der Waals surface area (Å²) in [6.45, 7) is 26.2. The average Bonchev–Trinajstić information content (AvgIpc) is 3.23. The van der Waals surface area contributed by atoms with Crippen molar-refractivity contribution in [2.75, 3.05) is 79.2 Å². The first-order chi connectivity index (χ1) is 30.7. The zero-order valence-corrected chi connectivity index (χ0v) is 41.7. The second-order valence-corrected chi connectivity index (χ2v) is 18.1. The second-order valence-electron chi connectivity index (χ2n) is 12.7. The minimum absolute atomic E-state index is 0.0232. The Morgan fingerprint density at radius 3 is 1.22 bits per heavy atom. The molecule has 0 unspecified atom stereocenters. The molecule has 0 aromatic rings. The lowest BCUT2D eigenvalue weighted by molar-refractivity contribution is -0.151. The lowest BCUT2D eigenvalue weighted by atomic mass is 10.3. The van der Waals surface area contributed by atoms with Crippen LogP contribution in [0.5, 0.6) is 0 Å². The van der Waals surface area contributed by atoms with Gasteiger partial charge in [-0.2, -0.15) is 0 Å². The van der Waals surface area contributed by atoms with Crippen LogP contribution in [0.3, 0.4) is 0 Å². The number of carboxylic acid groups (broad SMARTS) is 2. The molecule has 0 aromatic carbocycles. The van der Waals surface area contributed by atoms with Gasteiger partial charge in [0.15, 0.2) is 0 Å². The molecule has 0 atom stereocenters. The fourth-order valence-electron chi connectivity index (χ4n) is 4.44. The summed E-state index contributed by atoms with van der Waals surface area (Å²) in [7, 11) is -5.24. The SMILES string of the molecule is C=C(C)C(=O)OCCOC(=O)CCC(=O)NCCC[Si](OCC)(OCC)OCC.C=C(C)C(=O)OCCOC(=O)CCC(=O)O.CC(=O)O.CCO[Si](CCCN=C=O)(OCC)OCC. The van der Waals surface area contributed by atoms with E-state index in [4.69, 9.17) is 51.0 Å². The van der Waals surface area contributed by atoms with Crippen molar-refractivity contribution < 1.29 is 94.1 Å². The van der Waals surface area contributed by atoms with E-state index in [1.807, 2.05) is 41.5 Å². The van der Waals surface area contributed by atoms with E-state index in [0.717, 1.165) is 13.3 Å². The molecule has 22 nitrogen and oxygen atoms in total. The predicted octanol–water partition coefficient (Wildman–Crippen LogP) is 4.35. The highest BCUT2D eigenvalue weighted by atomic mass is 28.4. The number of aliphatic carboxylic acids is 2. The van der Waals surface area contributed by atoms with Gasteiger partial charge in [-0.05, 0) is 68.2 Å². The Labute approximate surface area is 385 Å². The molecular weight excluding hydrogens is 897 g/mol. The fourth-order valence-corrected chi connectivity index (χ4v) is 9.64. The zero-order valence-electron chi connectivity index (χ0n) is 39.7. The molecule has 1 amide bonds. The summed E-state index contributed by atoms with van der Waals surface area (Å²) in [5, 5.41) is 18.5. The van der Waals surface area contributed by atoms with Gasteiger partial charge in [0.1, 0.15) is 26.4 Å². The Hall–Kier alpha value is -4.66. The molecule has 0 saturated heterocycles. The van der Waals surface area contributed by atoms with E-state index in [-0.39, 0.29) is 69.2 Å². The first-order valence-corrected chi connectivity index (χ1v) is 25.1. The standard InChI is InChI=1S/C19H35NO8Si.C10H21NO4Si.C10H14O6.C2H4O2/c1-6-26-29(27-7-2,28-8-3)15-9-12-20-17(21)10-11-18(22)24-13-14-25-19(23)16(4)5;1-4-13-16(14-5-2,15-6-3)9-7-8-11-10-12;1-7(2)10(14)16-6-5-15-9(13)4-3-8(11)12;1-2(3)4/h4,6-15H2,1-3,5H3,(H,20,21);4-9H2,1-3H3;1,3-6H2,2H3,(H,11,12);1H3,(H,3,4). The molecule has 0 fully saturated rings. The van der Waals surface area contributed by atoms with Crippen molar-refractivity contribution in [1.29, 1.82) is 0 Å². The van der Waals surface area contributed by atoms with E-state index in [0.29, 0.717) is 71.2 Å². The second kappa shape index (κ2) is 44.5. The van der Waals surface area contributed by atoms with Crippen LogP contribution in [-0.4, -0.2) is 155 Å². The third kappa shape index (κ3) is 44.3. The largest absolute Gasteiger partial charge is 0.500 e. The maximum absolute atomic E-state index is 11.9. The molecule has 0 radical (unpaired) electrons. The summed E-state index contributed by atoms with van der Waals surface area (Å²) in [4.78, 5) is 88.9. The number of carbonyl (C=O) groups is 7.